The summed E-state index contributed by atoms with van der Waals surface area (Å²) in [6, 6.07) is 8.22. The van der Waals surface area contributed by atoms with Gasteiger partial charge in [0.25, 0.3) is 0 Å². The van der Waals surface area contributed by atoms with Crippen LogP contribution in [0.4, 0.5) is 18.0 Å². The number of likely N-dealkylation sites (tertiary alicyclic amines) is 2. The number of nitrogens with zero attached hydrogens (tertiary/aromatic N) is 2. The van der Waals surface area contributed by atoms with Gasteiger partial charge >= 0.3 is 12.2 Å². The summed E-state index contributed by atoms with van der Waals surface area (Å²) in [6.07, 6.45) is -2.09. The van der Waals surface area contributed by atoms with Gasteiger partial charge in [-0.2, -0.15) is 13.2 Å². The Hall–Kier alpha value is -2.45. The number of alkyl halides is 3. The molecule has 3 amide bonds. The highest BCUT2D eigenvalue weighted by atomic mass is 35.5. The molecule has 188 valence electrons. The number of halogens is 5. The maximum atomic E-state index is 13.5. The fourth-order valence-electron chi connectivity index (χ4n) is 5.04. The summed E-state index contributed by atoms with van der Waals surface area (Å²) in [4.78, 5) is 28.6. The van der Waals surface area contributed by atoms with Crippen LogP contribution in [-0.2, 0) is 17.4 Å². The van der Waals surface area contributed by atoms with Crippen molar-refractivity contribution in [3.63, 3.8) is 0 Å². The topological polar surface area (TPSA) is 52.7 Å². The summed E-state index contributed by atoms with van der Waals surface area (Å²) in [5.41, 5.74) is 0.0839. The third-order valence-corrected chi connectivity index (χ3v) is 7.57. The predicted octanol–water partition coefficient (Wildman–Crippen LogP) is 5.87. The van der Waals surface area contributed by atoms with E-state index in [1.165, 1.54) is 30.3 Å². The number of carbonyl (C=O) groups is 2. The molecule has 35 heavy (non-hydrogen) atoms. The van der Waals surface area contributed by atoms with Crippen molar-refractivity contribution in [3.05, 3.63) is 57.6 Å². The van der Waals surface area contributed by atoms with Crippen LogP contribution in [0.25, 0.3) is 11.1 Å². The molecule has 1 atom stereocenters. The summed E-state index contributed by atoms with van der Waals surface area (Å²) < 4.78 is 40.4. The summed E-state index contributed by atoms with van der Waals surface area (Å²) in [7, 11) is 1.60. The fourth-order valence-corrected chi connectivity index (χ4v) is 5.68. The molecule has 1 N–H and O–H groups in total. The monoisotopic (exact) mass is 527 g/mol. The summed E-state index contributed by atoms with van der Waals surface area (Å²) in [5.74, 6) is -0.266. The normalized spacial score (nSPS) is 19.4. The molecule has 2 aliphatic heterocycles. The van der Waals surface area contributed by atoms with Gasteiger partial charge in [0.05, 0.1) is 5.56 Å². The molecule has 10 heteroatoms. The third-order valence-electron chi connectivity index (χ3n) is 6.89. The highest BCUT2D eigenvalue weighted by molar-refractivity contribution is 6.36. The van der Waals surface area contributed by atoms with Crippen LogP contribution in [0.3, 0.4) is 0 Å². The first-order chi connectivity index (χ1) is 16.6. The van der Waals surface area contributed by atoms with Crippen LogP contribution < -0.4 is 5.32 Å². The molecule has 0 radical (unpaired) electrons. The molecule has 2 heterocycles. The van der Waals surface area contributed by atoms with Crippen molar-refractivity contribution in [3.8, 4) is 11.1 Å². The molecule has 2 aromatic rings. The van der Waals surface area contributed by atoms with Crippen LogP contribution in [0.1, 0.15) is 30.4 Å². The molecule has 4 rings (SSSR count). The van der Waals surface area contributed by atoms with Gasteiger partial charge in [-0.15, -0.1) is 0 Å². The minimum atomic E-state index is -4.51. The first kappa shape index (κ1) is 25.6. The standard InChI is InChI=1S/C25H26Cl2F3N3O2/c1-31-24(35)32-9-7-17(8-10-32)33-11-6-15(23(33)34)12-19-21(26)13-16(14-22(19)27)18-4-2-3-5-20(18)25(28,29)30/h2-5,13-15,17H,6-12H2,1H3,(H,31,35). The smallest absolute Gasteiger partial charge is 0.341 e. The number of urea groups is 1. The Bertz CT molecular complexity index is 1090. The van der Waals surface area contributed by atoms with E-state index < -0.39 is 11.7 Å². The molecule has 0 spiro atoms. The van der Waals surface area contributed by atoms with E-state index >= 15 is 0 Å². The Morgan fingerprint density at radius 2 is 1.69 bits per heavy atom. The average molecular weight is 528 g/mol. The second kappa shape index (κ2) is 10.3. The van der Waals surface area contributed by atoms with E-state index in [1.807, 2.05) is 4.90 Å². The van der Waals surface area contributed by atoms with Crippen molar-refractivity contribution >= 4 is 35.1 Å². The van der Waals surface area contributed by atoms with Crippen molar-refractivity contribution in [2.24, 2.45) is 5.92 Å². The van der Waals surface area contributed by atoms with Crippen LogP contribution in [-0.4, -0.2) is 54.5 Å². The van der Waals surface area contributed by atoms with Crippen molar-refractivity contribution in [1.82, 2.24) is 15.1 Å². The van der Waals surface area contributed by atoms with E-state index in [2.05, 4.69) is 5.32 Å². The van der Waals surface area contributed by atoms with E-state index in [0.717, 1.165) is 18.9 Å². The van der Waals surface area contributed by atoms with Gasteiger partial charge in [-0.25, -0.2) is 4.79 Å². The zero-order chi connectivity index (χ0) is 25.3. The molecule has 2 fully saturated rings. The lowest BCUT2D eigenvalue weighted by Crippen LogP contribution is -2.49. The van der Waals surface area contributed by atoms with Crippen LogP contribution in [0.15, 0.2) is 36.4 Å². The van der Waals surface area contributed by atoms with Gasteiger partial charge in [0.15, 0.2) is 0 Å². The van der Waals surface area contributed by atoms with Gasteiger partial charge in [0, 0.05) is 48.7 Å². The Morgan fingerprint density at radius 3 is 2.29 bits per heavy atom. The number of benzene rings is 2. The SMILES string of the molecule is CNC(=O)N1CCC(N2CCC(Cc3c(Cl)cc(-c4ccccc4C(F)(F)F)cc3Cl)C2=O)CC1. The number of rotatable bonds is 4. The van der Waals surface area contributed by atoms with Crippen molar-refractivity contribution in [1.29, 1.82) is 0 Å². The molecule has 2 saturated heterocycles. The molecule has 5 nitrogen and oxygen atoms in total. The highest BCUT2D eigenvalue weighted by Gasteiger charge is 2.38. The summed E-state index contributed by atoms with van der Waals surface area (Å²) in [6.45, 7) is 1.81. The molecular weight excluding hydrogens is 502 g/mol. The Labute approximate surface area is 212 Å². The molecular formula is C25H26Cl2F3N3O2. The van der Waals surface area contributed by atoms with Crippen molar-refractivity contribution in [2.75, 3.05) is 26.7 Å². The lowest BCUT2D eigenvalue weighted by molar-refractivity contribution is -0.137. The zero-order valence-electron chi connectivity index (χ0n) is 19.2. The van der Waals surface area contributed by atoms with Crippen LogP contribution in [0, 0.1) is 5.92 Å². The van der Waals surface area contributed by atoms with Gasteiger partial charge in [0.1, 0.15) is 0 Å². The summed E-state index contributed by atoms with van der Waals surface area (Å²) in [5, 5.41) is 3.11. The molecule has 0 saturated carbocycles. The lowest BCUT2D eigenvalue weighted by Gasteiger charge is -2.36. The highest BCUT2D eigenvalue weighted by Crippen LogP contribution is 2.40. The molecule has 2 aromatic carbocycles. The second-order valence-electron chi connectivity index (χ2n) is 8.96. The van der Waals surface area contributed by atoms with Gasteiger partial charge in [-0.1, -0.05) is 41.4 Å². The maximum Gasteiger partial charge on any atom is 0.417 e. The van der Waals surface area contributed by atoms with E-state index in [-0.39, 0.29) is 45.1 Å². The van der Waals surface area contributed by atoms with Crippen LogP contribution >= 0.6 is 23.2 Å². The number of hydrogen-bond acceptors (Lipinski definition) is 2. The van der Waals surface area contributed by atoms with E-state index in [9.17, 15) is 22.8 Å². The Kier molecular flexibility index (Phi) is 7.52. The minimum absolute atomic E-state index is 0.00145. The average Bonchev–Trinajstić information content (AvgIpc) is 3.20. The largest absolute Gasteiger partial charge is 0.417 e. The quantitative estimate of drug-likeness (QED) is 0.540. The van der Waals surface area contributed by atoms with E-state index in [4.69, 9.17) is 23.2 Å². The van der Waals surface area contributed by atoms with Crippen molar-refractivity contribution < 1.29 is 22.8 Å². The molecule has 0 aliphatic carbocycles. The Morgan fingerprint density at radius 1 is 1.06 bits per heavy atom. The van der Waals surface area contributed by atoms with E-state index in [1.54, 1.807) is 11.9 Å². The van der Waals surface area contributed by atoms with Crippen LogP contribution in [0.5, 0.6) is 0 Å². The number of amides is 3. The molecule has 0 bridgehead atoms. The minimum Gasteiger partial charge on any atom is -0.341 e. The number of nitrogens with one attached hydrogen (secondary N) is 1. The first-order valence-corrected chi connectivity index (χ1v) is 12.3. The Balaban J connectivity index is 1.47. The van der Waals surface area contributed by atoms with Crippen molar-refractivity contribution in [2.45, 2.75) is 37.9 Å². The summed E-state index contributed by atoms with van der Waals surface area (Å²) >= 11 is 13.0. The zero-order valence-corrected chi connectivity index (χ0v) is 20.7. The maximum absolute atomic E-state index is 13.5. The fraction of sp³-hybridized carbons (Fsp3) is 0.440. The van der Waals surface area contributed by atoms with E-state index in [0.29, 0.717) is 38.0 Å². The number of hydrogen-bond donors (Lipinski definition) is 1. The van der Waals surface area contributed by atoms with Gasteiger partial charge in [-0.3, -0.25) is 4.79 Å². The molecule has 0 aromatic heterocycles. The first-order valence-electron chi connectivity index (χ1n) is 11.5. The number of carbonyl (C=O) groups excluding carboxylic acids is 2. The number of piperidine rings is 1. The lowest BCUT2D eigenvalue weighted by atomic mass is 9.94. The molecule has 2 aliphatic rings. The van der Waals surface area contributed by atoms with Crippen LogP contribution in [0.2, 0.25) is 10.0 Å². The second-order valence-corrected chi connectivity index (χ2v) is 9.77. The van der Waals surface area contributed by atoms with Gasteiger partial charge in [-0.05, 0) is 60.6 Å². The van der Waals surface area contributed by atoms with Gasteiger partial charge in [0.2, 0.25) is 5.91 Å². The third kappa shape index (κ3) is 5.38. The van der Waals surface area contributed by atoms with Gasteiger partial charge < -0.3 is 15.1 Å². The predicted molar refractivity (Wildman–Crippen MR) is 129 cm³/mol. The molecule has 1 unspecified atom stereocenters.